The molecule has 0 aliphatic heterocycles. The Kier molecular flexibility index (Phi) is 9.11. The summed E-state index contributed by atoms with van der Waals surface area (Å²) >= 11 is 0. The number of nitrogens with zero attached hydrogens (tertiary/aromatic N) is 2. The lowest BCUT2D eigenvalue weighted by Gasteiger charge is -2.11. The van der Waals surface area contributed by atoms with E-state index in [1.807, 2.05) is 6.07 Å². The molecule has 3 aromatic rings. The number of fused-ring (bicyclic) bond motifs is 1. The molecule has 0 aliphatic rings. The second-order valence-corrected chi connectivity index (χ2v) is 8.94. The maximum absolute atomic E-state index is 11.6. The number of ether oxygens (including phenoxy) is 1. The molecule has 1 heterocycles. The van der Waals surface area contributed by atoms with Gasteiger partial charge in [0.05, 0.1) is 17.6 Å². The fourth-order valence-corrected chi connectivity index (χ4v) is 3.87. The van der Waals surface area contributed by atoms with Gasteiger partial charge < -0.3 is 14.6 Å². The van der Waals surface area contributed by atoms with Crippen molar-refractivity contribution in [1.82, 2.24) is 14.9 Å². The van der Waals surface area contributed by atoms with Crippen LogP contribution in [0.25, 0.3) is 11.0 Å². The number of carbonyl (C=O) groups is 1. The molecule has 1 aromatic heterocycles. The topological polar surface area (TPSA) is 56.2 Å². The van der Waals surface area contributed by atoms with Gasteiger partial charge in [0.25, 0.3) is 0 Å². The van der Waals surface area contributed by atoms with Gasteiger partial charge in [-0.3, -0.25) is 4.79 Å². The fourth-order valence-electron chi connectivity index (χ4n) is 3.87. The Balaban J connectivity index is 1.50. The van der Waals surface area contributed by atoms with Crippen LogP contribution in [0.5, 0.6) is 5.75 Å². The molecule has 0 unspecified atom stereocenters. The molecular formula is C28H37N3O2. The van der Waals surface area contributed by atoms with Crippen LogP contribution in [-0.2, 0) is 17.8 Å². The maximum atomic E-state index is 11.6. The summed E-state index contributed by atoms with van der Waals surface area (Å²) in [7, 11) is 0. The molecule has 3 rings (SSSR count). The molecule has 0 saturated carbocycles. The smallest absolute Gasteiger partial charge is 0.246 e. The number of aryl methyl sites for hydroxylation is 2. The van der Waals surface area contributed by atoms with Crippen LogP contribution in [0.4, 0.5) is 0 Å². The Hall–Kier alpha value is -3.08. The summed E-state index contributed by atoms with van der Waals surface area (Å²) < 4.78 is 8.31. The first-order valence-electron chi connectivity index (χ1n) is 12.1. The van der Waals surface area contributed by atoms with Gasteiger partial charge in [0.2, 0.25) is 5.91 Å². The molecule has 0 spiro atoms. The van der Waals surface area contributed by atoms with Gasteiger partial charge in [0.15, 0.2) is 0 Å². The Morgan fingerprint density at radius 3 is 2.55 bits per heavy atom. The summed E-state index contributed by atoms with van der Waals surface area (Å²) in [5.74, 6) is 2.52. The molecule has 1 amide bonds. The number of rotatable bonds is 13. The summed E-state index contributed by atoms with van der Waals surface area (Å²) in [6.45, 7) is 12.0. The van der Waals surface area contributed by atoms with Crippen molar-refractivity contribution in [2.75, 3.05) is 13.2 Å². The summed E-state index contributed by atoms with van der Waals surface area (Å²) in [6, 6.07) is 16.7. The van der Waals surface area contributed by atoms with Crippen LogP contribution in [0, 0.1) is 0 Å². The number of hydrogen-bond acceptors (Lipinski definition) is 3. The normalized spacial score (nSPS) is 11.2. The molecule has 5 heteroatoms. The molecule has 0 fully saturated rings. The lowest BCUT2D eigenvalue weighted by atomic mass is 10.0. The van der Waals surface area contributed by atoms with Crippen molar-refractivity contribution in [3.8, 4) is 5.75 Å². The Bertz CT molecular complexity index is 1050. The summed E-state index contributed by atoms with van der Waals surface area (Å²) in [5, 5.41) is 2.90. The zero-order valence-corrected chi connectivity index (χ0v) is 20.3. The van der Waals surface area contributed by atoms with Gasteiger partial charge in [-0.05, 0) is 61.9 Å². The quantitative estimate of drug-likeness (QED) is 0.257. The monoisotopic (exact) mass is 447 g/mol. The SMILES string of the molecule is C=C(C)C(=O)NCCCCCc1nc2ccccc2n1CCCOc1ccc(C(C)C)cc1. The van der Waals surface area contributed by atoms with Crippen LogP contribution < -0.4 is 10.1 Å². The molecule has 0 atom stereocenters. The van der Waals surface area contributed by atoms with E-state index in [1.54, 1.807) is 6.92 Å². The van der Waals surface area contributed by atoms with Gasteiger partial charge >= 0.3 is 0 Å². The molecule has 1 N–H and O–H groups in total. The van der Waals surface area contributed by atoms with Gasteiger partial charge in [-0.2, -0.15) is 0 Å². The molecule has 0 radical (unpaired) electrons. The van der Waals surface area contributed by atoms with Crippen molar-refractivity contribution in [2.24, 2.45) is 0 Å². The van der Waals surface area contributed by atoms with Gasteiger partial charge in [-0.1, -0.05) is 51.1 Å². The third-order valence-electron chi connectivity index (χ3n) is 5.83. The van der Waals surface area contributed by atoms with Crippen molar-refractivity contribution in [1.29, 1.82) is 0 Å². The number of aromatic nitrogens is 2. The first-order valence-corrected chi connectivity index (χ1v) is 12.1. The highest BCUT2D eigenvalue weighted by Gasteiger charge is 2.10. The molecule has 5 nitrogen and oxygen atoms in total. The van der Waals surface area contributed by atoms with E-state index in [1.165, 1.54) is 11.1 Å². The minimum absolute atomic E-state index is 0.0603. The van der Waals surface area contributed by atoms with E-state index in [-0.39, 0.29) is 5.91 Å². The van der Waals surface area contributed by atoms with Crippen molar-refractivity contribution in [2.45, 2.75) is 65.3 Å². The average molecular weight is 448 g/mol. The van der Waals surface area contributed by atoms with Crippen LogP contribution in [0.1, 0.15) is 63.8 Å². The molecule has 0 aliphatic carbocycles. The standard InChI is InChI=1S/C28H37N3O2/c1-21(2)23-14-16-24(17-15-23)33-20-10-19-31-26-12-8-7-11-25(26)30-27(31)13-6-5-9-18-29-28(32)22(3)4/h7-8,11-12,14-17,21H,3,5-6,9-10,13,18-20H2,1-2,4H3,(H,29,32). The first-order chi connectivity index (χ1) is 16.0. The van der Waals surface area contributed by atoms with Crippen LogP contribution in [0.3, 0.4) is 0 Å². The van der Waals surface area contributed by atoms with E-state index in [0.717, 1.165) is 55.7 Å². The number of carbonyl (C=O) groups excluding carboxylic acids is 1. The average Bonchev–Trinajstić information content (AvgIpc) is 3.16. The molecule has 176 valence electrons. The molecule has 2 aromatic carbocycles. The van der Waals surface area contributed by atoms with Gasteiger partial charge in [-0.15, -0.1) is 0 Å². The maximum Gasteiger partial charge on any atom is 0.246 e. The number of nitrogens with one attached hydrogen (secondary N) is 1. The Morgan fingerprint density at radius 2 is 1.82 bits per heavy atom. The van der Waals surface area contributed by atoms with E-state index >= 15 is 0 Å². The van der Waals surface area contributed by atoms with E-state index in [9.17, 15) is 4.79 Å². The third kappa shape index (κ3) is 7.21. The minimum Gasteiger partial charge on any atom is -0.494 e. The van der Waals surface area contributed by atoms with E-state index < -0.39 is 0 Å². The second kappa shape index (κ2) is 12.2. The molecular weight excluding hydrogens is 410 g/mol. The van der Waals surface area contributed by atoms with Crippen molar-refractivity contribution < 1.29 is 9.53 Å². The van der Waals surface area contributed by atoms with Gasteiger partial charge in [-0.25, -0.2) is 4.98 Å². The van der Waals surface area contributed by atoms with Crippen LogP contribution >= 0.6 is 0 Å². The molecule has 0 bridgehead atoms. The number of imidazole rings is 1. The Labute approximate surface area is 197 Å². The summed E-state index contributed by atoms with van der Waals surface area (Å²) in [6.07, 6.45) is 4.91. The largest absolute Gasteiger partial charge is 0.494 e. The summed E-state index contributed by atoms with van der Waals surface area (Å²) in [4.78, 5) is 16.5. The lowest BCUT2D eigenvalue weighted by Crippen LogP contribution is -2.24. The number of unbranched alkanes of at least 4 members (excludes halogenated alkanes) is 2. The lowest BCUT2D eigenvalue weighted by molar-refractivity contribution is -0.117. The number of benzene rings is 2. The zero-order chi connectivity index (χ0) is 23.6. The number of para-hydroxylation sites is 2. The van der Waals surface area contributed by atoms with Gasteiger partial charge in [0, 0.05) is 25.1 Å². The Morgan fingerprint density at radius 1 is 1.06 bits per heavy atom. The second-order valence-electron chi connectivity index (χ2n) is 8.94. The van der Waals surface area contributed by atoms with E-state index in [2.05, 4.69) is 72.8 Å². The first kappa shape index (κ1) is 24.6. The van der Waals surface area contributed by atoms with Crippen LogP contribution in [0.15, 0.2) is 60.7 Å². The highest BCUT2D eigenvalue weighted by molar-refractivity contribution is 5.92. The fraction of sp³-hybridized carbons (Fsp3) is 0.429. The predicted octanol–water partition coefficient (Wildman–Crippen LogP) is 6.03. The highest BCUT2D eigenvalue weighted by atomic mass is 16.5. The zero-order valence-electron chi connectivity index (χ0n) is 20.3. The van der Waals surface area contributed by atoms with E-state index in [0.29, 0.717) is 24.6 Å². The minimum atomic E-state index is -0.0603. The highest BCUT2D eigenvalue weighted by Crippen LogP contribution is 2.20. The van der Waals surface area contributed by atoms with Crippen molar-refractivity contribution in [3.63, 3.8) is 0 Å². The van der Waals surface area contributed by atoms with Crippen LogP contribution in [-0.4, -0.2) is 28.6 Å². The molecule has 0 saturated heterocycles. The number of amides is 1. The predicted molar refractivity (Wildman–Crippen MR) is 136 cm³/mol. The third-order valence-corrected chi connectivity index (χ3v) is 5.83. The molecule has 33 heavy (non-hydrogen) atoms. The van der Waals surface area contributed by atoms with Crippen LogP contribution in [0.2, 0.25) is 0 Å². The van der Waals surface area contributed by atoms with Gasteiger partial charge in [0.1, 0.15) is 11.6 Å². The summed E-state index contributed by atoms with van der Waals surface area (Å²) in [5.41, 5.74) is 4.12. The van der Waals surface area contributed by atoms with Crippen molar-refractivity contribution in [3.05, 3.63) is 72.1 Å². The van der Waals surface area contributed by atoms with E-state index in [4.69, 9.17) is 9.72 Å². The number of hydrogen-bond donors (Lipinski definition) is 1. The van der Waals surface area contributed by atoms with Crippen molar-refractivity contribution >= 4 is 16.9 Å².